The zero-order chi connectivity index (χ0) is 26.6. The molecule has 190 valence electrons. The Morgan fingerprint density at radius 2 is 2.03 bits per heavy atom. The van der Waals surface area contributed by atoms with Crippen molar-refractivity contribution in [2.45, 2.75) is 12.6 Å². The molecule has 0 saturated carbocycles. The molecule has 2 aromatic carbocycles. The number of carbonyl (C=O) groups excluding carboxylic acids is 1. The number of hydrogen-bond donors (Lipinski definition) is 2. The first-order valence-electron chi connectivity index (χ1n) is 10.3. The van der Waals surface area contributed by atoms with Gasteiger partial charge in [-0.3, -0.25) is 14.9 Å². The summed E-state index contributed by atoms with van der Waals surface area (Å²) in [6.07, 6.45) is -3.32. The van der Waals surface area contributed by atoms with Crippen LogP contribution in [0.3, 0.4) is 0 Å². The van der Waals surface area contributed by atoms with E-state index in [1.165, 1.54) is 30.5 Å². The first-order chi connectivity index (χ1) is 17.6. The van der Waals surface area contributed by atoms with Crippen LogP contribution in [0.1, 0.15) is 17.0 Å². The number of nitro groups is 1. The third-order valence-corrected chi connectivity index (χ3v) is 5.90. The van der Waals surface area contributed by atoms with Gasteiger partial charge in [0, 0.05) is 22.7 Å². The molecule has 2 N–H and O–H groups in total. The van der Waals surface area contributed by atoms with Crippen LogP contribution < -0.4 is 10.7 Å². The number of nitrogens with zero attached hydrogens (tertiary/aromatic N) is 3. The molecule has 0 atom stereocenters. The summed E-state index contributed by atoms with van der Waals surface area (Å²) in [5.74, 6) is 0.150. The van der Waals surface area contributed by atoms with Crippen LogP contribution in [0, 0.1) is 10.1 Å². The SMILES string of the molecule is O=C(Cc1csc(Nc2cccc(C(F)(F)F)c2)n1)N/N=C\c1ccc(-c2ccc(Cl)c([N+](=O)[O-])c2)o1. The monoisotopic (exact) mass is 549 g/mol. The van der Waals surface area contributed by atoms with E-state index in [0.717, 1.165) is 23.5 Å². The van der Waals surface area contributed by atoms with E-state index in [0.29, 0.717) is 22.1 Å². The van der Waals surface area contributed by atoms with Gasteiger partial charge in [-0.1, -0.05) is 17.7 Å². The Morgan fingerprint density at radius 3 is 2.78 bits per heavy atom. The number of nitrogens with one attached hydrogen (secondary N) is 2. The van der Waals surface area contributed by atoms with Crippen molar-refractivity contribution in [3.63, 3.8) is 0 Å². The second-order valence-electron chi connectivity index (χ2n) is 7.44. The van der Waals surface area contributed by atoms with Crippen LogP contribution in [0.15, 0.2) is 69.5 Å². The van der Waals surface area contributed by atoms with E-state index in [-0.39, 0.29) is 28.6 Å². The number of carbonyl (C=O) groups is 1. The molecule has 0 unspecified atom stereocenters. The molecule has 4 rings (SSSR count). The number of rotatable bonds is 8. The van der Waals surface area contributed by atoms with Crippen LogP contribution in [0.4, 0.5) is 29.7 Å². The van der Waals surface area contributed by atoms with Crippen molar-refractivity contribution in [1.82, 2.24) is 10.4 Å². The molecule has 37 heavy (non-hydrogen) atoms. The number of amides is 1. The number of aromatic nitrogens is 1. The fourth-order valence-electron chi connectivity index (χ4n) is 3.10. The molecule has 0 aliphatic heterocycles. The molecular weight excluding hydrogens is 535 g/mol. The Bertz CT molecular complexity index is 1490. The number of alkyl halides is 3. The number of hydrogen-bond acceptors (Lipinski definition) is 8. The molecule has 0 aliphatic rings. The van der Waals surface area contributed by atoms with E-state index in [9.17, 15) is 28.1 Å². The van der Waals surface area contributed by atoms with Crippen molar-refractivity contribution >= 4 is 51.6 Å². The standard InChI is InChI=1S/C23H15ClF3N5O4S/c24-18-6-4-13(8-19(18)32(34)35)20-7-5-17(36-20)11-28-31-21(33)10-16-12-37-22(30-16)29-15-3-1-2-14(9-15)23(25,26)27/h1-9,11-12H,10H2,(H,29,30)(H,31,33)/b28-11-. The predicted octanol–water partition coefficient (Wildman–Crippen LogP) is 6.42. The highest BCUT2D eigenvalue weighted by molar-refractivity contribution is 7.13. The molecule has 0 aliphatic carbocycles. The number of anilines is 2. The average Bonchev–Trinajstić information content (AvgIpc) is 3.48. The molecule has 0 fully saturated rings. The lowest BCUT2D eigenvalue weighted by atomic mass is 10.1. The van der Waals surface area contributed by atoms with Gasteiger partial charge in [0.1, 0.15) is 16.5 Å². The summed E-state index contributed by atoms with van der Waals surface area (Å²) in [6, 6.07) is 12.1. The molecule has 4 aromatic rings. The van der Waals surface area contributed by atoms with Crippen molar-refractivity contribution in [2.75, 3.05) is 5.32 Å². The number of nitro benzene ring substituents is 1. The Kier molecular flexibility index (Phi) is 7.55. The number of furan rings is 1. The number of thiazole rings is 1. The minimum Gasteiger partial charge on any atom is -0.455 e. The van der Waals surface area contributed by atoms with Gasteiger partial charge in [0.15, 0.2) is 5.13 Å². The first-order valence-corrected chi connectivity index (χ1v) is 11.6. The van der Waals surface area contributed by atoms with Gasteiger partial charge >= 0.3 is 6.18 Å². The fourth-order valence-corrected chi connectivity index (χ4v) is 4.01. The summed E-state index contributed by atoms with van der Waals surface area (Å²) in [5.41, 5.74) is 2.34. The van der Waals surface area contributed by atoms with Crippen LogP contribution in [0.2, 0.25) is 5.02 Å². The minimum absolute atomic E-state index is 0.00322. The van der Waals surface area contributed by atoms with E-state index in [1.54, 1.807) is 23.6 Å². The van der Waals surface area contributed by atoms with Crippen LogP contribution in [0.5, 0.6) is 0 Å². The first kappa shape index (κ1) is 25.9. The molecular formula is C23H15ClF3N5O4S. The van der Waals surface area contributed by atoms with Crippen LogP contribution >= 0.6 is 22.9 Å². The third kappa shape index (κ3) is 6.71. The quantitative estimate of drug-likeness (QED) is 0.148. The normalized spacial score (nSPS) is 11.6. The molecule has 0 radical (unpaired) electrons. The highest BCUT2D eigenvalue weighted by Crippen LogP contribution is 2.32. The molecule has 0 saturated heterocycles. The van der Waals surface area contributed by atoms with E-state index >= 15 is 0 Å². The topological polar surface area (TPSA) is 123 Å². The molecule has 0 spiro atoms. The van der Waals surface area contributed by atoms with E-state index in [2.05, 4.69) is 20.8 Å². The van der Waals surface area contributed by atoms with Crippen molar-refractivity contribution in [2.24, 2.45) is 5.10 Å². The Hall–Kier alpha value is -4.23. The van der Waals surface area contributed by atoms with E-state index in [1.807, 2.05) is 0 Å². The largest absolute Gasteiger partial charge is 0.455 e. The summed E-state index contributed by atoms with van der Waals surface area (Å²) in [5, 5.41) is 19.6. The lowest BCUT2D eigenvalue weighted by Gasteiger charge is -2.08. The summed E-state index contributed by atoms with van der Waals surface area (Å²) in [4.78, 5) is 26.8. The molecule has 14 heteroatoms. The van der Waals surface area contributed by atoms with E-state index in [4.69, 9.17) is 16.0 Å². The maximum Gasteiger partial charge on any atom is 0.416 e. The zero-order valence-electron chi connectivity index (χ0n) is 18.5. The number of benzene rings is 2. The second kappa shape index (κ2) is 10.8. The highest BCUT2D eigenvalue weighted by Gasteiger charge is 2.30. The molecule has 2 heterocycles. The highest BCUT2D eigenvalue weighted by atomic mass is 35.5. The molecule has 1 amide bonds. The van der Waals surface area contributed by atoms with Crippen molar-refractivity contribution < 1.29 is 27.3 Å². The predicted molar refractivity (Wildman–Crippen MR) is 132 cm³/mol. The second-order valence-corrected chi connectivity index (χ2v) is 8.71. The molecule has 9 nitrogen and oxygen atoms in total. The smallest absolute Gasteiger partial charge is 0.416 e. The third-order valence-electron chi connectivity index (χ3n) is 4.77. The Balaban J connectivity index is 1.32. The van der Waals surface area contributed by atoms with Crippen molar-refractivity contribution in [1.29, 1.82) is 0 Å². The van der Waals surface area contributed by atoms with Crippen LogP contribution in [-0.2, 0) is 17.4 Å². The van der Waals surface area contributed by atoms with Gasteiger partial charge in [0.2, 0.25) is 5.91 Å². The average molecular weight is 550 g/mol. The van der Waals surface area contributed by atoms with Gasteiger partial charge in [0.25, 0.3) is 5.69 Å². The van der Waals surface area contributed by atoms with Gasteiger partial charge < -0.3 is 9.73 Å². The summed E-state index contributed by atoms with van der Waals surface area (Å²) in [7, 11) is 0. The number of hydrazone groups is 1. The van der Waals surface area contributed by atoms with E-state index < -0.39 is 22.6 Å². The summed E-state index contributed by atoms with van der Waals surface area (Å²) < 4.78 is 44.2. The van der Waals surface area contributed by atoms with Crippen LogP contribution in [0.25, 0.3) is 11.3 Å². The maximum absolute atomic E-state index is 12.9. The lowest BCUT2D eigenvalue weighted by Crippen LogP contribution is -2.19. The lowest BCUT2D eigenvalue weighted by molar-refractivity contribution is -0.384. The fraction of sp³-hybridized carbons (Fsp3) is 0.0870. The van der Waals surface area contributed by atoms with Crippen molar-refractivity contribution in [3.05, 3.63) is 92.1 Å². The molecule has 0 bridgehead atoms. The van der Waals surface area contributed by atoms with Gasteiger partial charge in [-0.2, -0.15) is 18.3 Å². The van der Waals surface area contributed by atoms with Crippen molar-refractivity contribution in [3.8, 4) is 11.3 Å². The van der Waals surface area contributed by atoms with Gasteiger partial charge in [-0.25, -0.2) is 10.4 Å². The van der Waals surface area contributed by atoms with Gasteiger partial charge in [0.05, 0.1) is 28.8 Å². The zero-order valence-corrected chi connectivity index (χ0v) is 20.0. The Labute approximate surface area is 215 Å². The summed E-state index contributed by atoms with van der Waals surface area (Å²) >= 11 is 6.96. The molecule has 2 aromatic heterocycles. The summed E-state index contributed by atoms with van der Waals surface area (Å²) in [6.45, 7) is 0. The van der Waals surface area contributed by atoms with Crippen LogP contribution in [-0.4, -0.2) is 22.0 Å². The number of halogens is 4. The van der Waals surface area contributed by atoms with Gasteiger partial charge in [-0.15, -0.1) is 11.3 Å². The minimum atomic E-state index is -4.46. The Morgan fingerprint density at radius 1 is 1.22 bits per heavy atom. The van der Waals surface area contributed by atoms with Gasteiger partial charge in [-0.05, 0) is 42.5 Å². The maximum atomic E-state index is 12.9.